The topological polar surface area (TPSA) is 62.5 Å². The van der Waals surface area contributed by atoms with E-state index in [0.717, 1.165) is 19.5 Å². The number of carbonyl (C=O) groups is 1. The molecule has 1 fully saturated rings. The van der Waals surface area contributed by atoms with Gasteiger partial charge in [0.2, 0.25) is 11.8 Å². The van der Waals surface area contributed by atoms with Gasteiger partial charge in [-0.15, -0.1) is 0 Å². The maximum absolute atomic E-state index is 12.2. The molecule has 0 aliphatic carbocycles. The van der Waals surface area contributed by atoms with E-state index in [0.29, 0.717) is 30.7 Å². The van der Waals surface area contributed by atoms with Crippen molar-refractivity contribution in [3.63, 3.8) is 0 Å². The Bertz CT molecular complexity index is 700. The number of rotatable bonds is 6. The lowest BCUT2D eigenvalue weighted by Gasteiger charge is -2.29. The van der Waals surface area contributed by atoms with Crippen molar-refractivity contribution in [2.75, 3.05) is 13.1 Å². The number of likely N-dealkylation sites (tertiary alicyclic amines) is 1. The summed E-state index contributed by atoms with van der Waals surface area (Å²) in [6.45, 7) is 8.08. The molecule has 0 spiro atoms. The Balaban J connectivity index is 1.66. The highest BCUT2D eigenvalue weighted by atomic mass is 16.5. The van der Waals surface area contributed by atoms with Crippen LogP contribution in [0.1, 0.15) is 50.5 Å². The maximum atomic E-state index is 12.2. The van der Waals surface area contributed by atoms with Gasteiger partial charge in [0.1, 0.15) is 0 Å². The molecule has 3 rings (SSSR count). The minimum Gasteiger partial charge on any atom is -0.339 e. The summed E-state index contributed by atoms with van der Waals surface area (Å²) in [4.78, 5) is 20.8. The minimum atomic E-state index is 0.0575. The van der Waals surface area contributed by atoms with Gasteiger partial charge in [-0.05, 0) is 18.9 Å². The molecule has 134 valence electrons. The molecule has 1 aliphatic rings. The first-order valence-electron chi connectivity index (χ1n) is 8.96. The average molecular weight is 342 g/mol. The third kappa shape index (κ3) is 4.07. The van der Waals surface area contributed by atoms with Crippen molar-refractivity contribution in [3.05, 3.63) is 47.6 Å². The van der Waals surface area contributed by atoms with E-state index in [1.165, 1.54) is 5.56 Å². The lowest BCUT2D eigenvalue weighted by atomic mass is 10.1. The monoisotopic (exact) mass is 342 g/mol. The smallest absolute Gasteiger partial charge is 0.226 e. The molecule has 2 atom stereocenters. The Morgan fingerprint density at radius 2 is 2.16 bits per heavy atom. The van der Waals surface area contributed by atoms with Crippen LogP contribution in [0.25, 0.3) is 0 Å². The fourth-order valence-corrected chi connectivity index (χ4v) is 3.46. The van der Waals surface area contributed by atoms with Crippen molar-refractivity contribution in [2.45, 2.75) is 52.2 Å². The second-order valence-corrected chi connectivity index (χ2v) is 6.63. The Morgan fingerprint density at radius 3 is 2.80 bits per heavy atom. The summed E-state index contributed by atoms with van der Waals surface area (Å²) in [5.41, 5.74) is 1.31. The van der Waals surface area contributed by atoms with Gasteiger partial charge in [-0.3, -0.25) is 9.69 Å². The summed E-state index contributed by atoms with van der Waals surface area (Å²) in [5, 5.41) is 3.99. The predicted molar refractivity (Wildman–Crippen MR) is 94.7 cm³/mol. The Kier molecular flexibility index (Phi) is 5.48. The van der Waals surface area contributed by atoms with E-state index >= 15 is 0 Å². The van der Waals surface area contributed by atoms with Crippen molar-refractivity contribution in [3.8, 4) is 0 Å². The molecule has 1 aromatic heterocycles. The van der Waals surface area contributed by atoms with Crippen molar-refractivity contribution in [2.24, 2.45) is 0 Å². The van der Waals surface area contributed by atoms with E-state index < -0.39 is 0 Å². The number of amides is 1. The van der Waals surface area contributed by atoms with Gasteiger partial charge in [0, 0.05) is 38.5 Å². The Hall–Kier alpha value is -2.21. The summed E-state index contributed by atoms with van der Waals surface area (Å²) in [6, 6.07) is 11.0. The zero-order chi connectivity index (χ0) is 17.8. The van der Waals surface area contributed by atoms with E-state index in [9.17, 15) is 4.79 Å². The molecule has 0 saturated carbocycles. The zero-order valence-electron chi connectivity index (χ0n) is 15.2. The van der Waals surface area contributed by atoms with Gasteiger partial charge in [0.15, 0.2) is 5.82 Å². The van der Waals surface area contributed by atoms with Crippen LogP contribution in [0, 0.1) is 0 Å². The largest absolute Gasteiger partial charge is 0.339 e. The number of benzene rings is 1. The van der Waals surface area contributed by atoms with Crippen molar-refractivity contribution in [1.82, 2.24) is 19.9 Å². The molecule has 1 aromatic carbocycles. The number of carbonyl (C=O) groups excluding carboxylic acids is 1. The molecule has 0 bridgehead atoms. The van der Waals surface area contributed by atoms with Crippen LogP contribution in [0.5, 0.6) is 0 Å². The summed E-state index contributed by atoms with van der Waals surface area (Å²) in [7, 11) is 0. The number of aryl methyl sites for hydroxylation is 1. The molecule has 2 aromatic rings. The quantitative estimate of drug-likeness (QED) is 0.808. The normalized spacial score (nSPS) is 19.1. The minimum absolute atomic E-state index is 0.0575. The van der Waals surface area contributed by atoms with Crippen LogP contribution < -0.4 is 0 Å². The van der Waals surface area contributed by atoms with Gasteiger partial charge in [0.25, 0.3) is 0 Å². The Labute approximate surface area is 148 Å². The molecule has 0 radical (unpaired) electrons. The van der Waals surface area contributed by atoms with Crippen LogP contribution in [-0.4, -0.2) is 45.0 Å². The number of nitrogens with zero attached hydrogens (tertiary/aromatic N) is 4. The van der Waals surface area contributed by atoms with E-state index in [1.807, 2.05) is 17.9 Å². The van der Waals surface area contributed by atoms with Crippen LogP contribution in [-0.2, 0) is 17.8 Å². The van der Waals surface area contributed by atoms with Gasteiger partial charge in [0.05, 0.1) is 6.54 Å². The molecule has 0 unspecified atom stereocenters. The predicted octanol–water partition coefficient (Wildman–Crippen LogP) is 2.82. The molecule has 25 heavy (non-hydrogen) atoms. The summed E-state index contributed by atoms with van der Waals surface area (Å²) < 4.78 is 5.16. The Morgan fingerprint density at radius 1 is 1.40 bits per heavy atom. The molecular formula is C19H26N4O2. The highest BCUT2D eigenvalue weighted by molar-refractivity contribution is 5.73. The molecule has 0 N–H and O–H groups in total. The lowest BCUT2D eigenvalue weighted by Crippen LogP contribution is -2.40. The molecule has 6 heteroatoms. The average Bonchev–Trinajstić information content (AvgIpc) is 3.29. The molecule has 1 aliphatic heterocycles. The molecule has 1 saturated heterocycles. The van der Waals surface area contributed by atoms with Gasteiger partial charge >= 0.3 is 0 Å². The number of hydrogen-bond donors (Lipinski definition) is 0. The second kappa shape index (κ2) is 7.78. The summed E-state index contributed by atoms with van der Waals surface area (Å²) in [6.07, 6.45) is 1.67. The van der Waals surface area contributed by atoms with Crippen LogP contribution in [0.15, 0.2) is 34.9 Å². The first-order chi connectivity index (χ1) is 12.1. The van der Waals surface area contributed by atoms with Gasteiger partial charge in [-0.25, -0.2) is 0 Å². The van der Waals surface area contributed by atoms with E-state index in [1.54, 1.807) is 6.92 Å². The first-order valence-corrected chi connectivity index (χ1v) is 8.96. The van der Waals surface area contributed by atoms with Crippen LogP contribution in [0.3, 0.4) is 0 Å². The summed E-state index contributed by atoms with van der Waals surface area (Å²) >= 11 is 0. The molecule has 1 amide bonds. The zero-order valence-corrected chi connectivity index (χ0v) is 15.2. The molecular weight excluding hydrogens is 316 g/mol. The third-order valence-corrected chi connectivity index (χ3v) is 4.99. The SMILES string of the molecule is CCc1nc(CN(C(C)=O)[C@@H]2CCN([C@@H](C)c3ccccc3)C2)no1. The van der Waals surface area contributed by atoms with Crippen LogP contribution in [0.4, 0.5) is 0 Å². The van der Waals surface area contributed by atoms with Crippen LogP contribution in [0.2, 0.25) is 0 Å². The molecule has 6 nitrogen and oxygen atoms in total. The van der Waals surface area contributed by atoms with Gasteiger partial charge in [-0.1, -0.05) is 42.4 Å². The van der Waals surface area contributed by atoms with E-state index in [4.69, 9.17) is 4.52 Å². The highest BCUT2D eigenvalue weighted by Gasteiger charge is 2.32. The fourth-order valence-electron chi connectivity index (χ4n) is 3.46. The fraction of sp³-hybridized carbons (Fsp3) is 0.526. The van der Waals surface area contributed by atoms with Crippen LogP contribution >= 0.6 is 0 Å². The van der Waals surface area contributed by atoms with Crippen molar-refractivity contribution >= 4 is 5.91 Å². The lowest BCUT2D eigenvalue weighted by molar-refractivity contribution is -0.131. The van der Waals surface area contributed by atoms with E-state index in [2.05, 4.69) is 46.2 Å². The van der Waals surface area contributed by atoms with E-state index in [-0.39, 0.29) is 11.9 Å². The van der Waals surface area contributed by atoms with Crippen molar-refractivity contribution < 1.29 is 9.32 Å². The summed E-state index contributed by atoms with van der Waals surface area (Å²) in [5.74, 6) is 1.26. The highest BCUT2D eigenvalue weighted by Crippen LogP contribution is 2.27. The van der Waals surface area contributed by atoms with Gasteiger partial charge < -0.3 is 9.42 Å². The van der Waals surface area contributed by atoms with Gasteiger partial charge in [-0.2, -0.15) is 4.98 Å². The number of hydrogen-bond acceptors (Lipinski definition) is 5. The maximum Gasteiger partial charge on any atom is 0.226 e. The standard InChI is InChI=1S/C19H26N4O2/c1-4-19-20-18(21-25-19)13-23(15(3)24)17-10-11-22(12-17)14(2)16-8-6-5-7-9-16/h5-9,14,17H,4,10-13H2,1-3H3/t14-,17+/m0/s1. The first kappa shape index (κ1) is 17.6. The second-order valence-electron chi connectivity index (χ2n) is 6.63. The third-order valence-electron chi connectivity index (χ3n) is 4.99. The van der Waals surface area contributed by atoms with Crippen molar-refractivity contribution in [1.29, 1.82) is 0 Å². The number of aromatic nitrogens is 2. The molecule has 2 heterocycles.